The van der Waals surface area contributed by atoms with Gasteiger partial charge in [0.1, 0.15) is 17.7 Å². The molecule has 4 aromatic carbocycles. The number of imide groups is 1. The second-order valence-electron chi connectivity index (χ2n) is 15.5. The molecule has 17 heteroatoms. The predicted octanol–water partition coefficient (Wildman–Crippen LogP) is 6.27. The number of carbonyl (C=O) groups excluding carboxylic acids is 6. The highest BCUT2D eigenvalue weighted by atomic mass is 32.2. The highest BCUT2D eigenvalue weighted by Crippen LogP contribution is 2.35. The van der Waals surface area contributed by atoms with Crippen LogP contribution in [0.15, 0.2) is 108 Å². The number of rotatable bonds is 15. The standard InChI is InChI=1S/C47H44FN9O6S/c1-26-11-16-39(45(61)54-26)57-46(62)35-8-5-9-38(42(35)47(57)63)52-25-41(59)50-18-3-2-10-40(58)55-30-6-4-7-31(22-30)56-64-32-13-15-33(37(48)23-32)29-21-36(43(49)53-24-29)27-12-14-34-28(20-27)17-19-51-44(34)60/h4-9,12-15,20-24,39,52,56H,1-3,10-11,16-19,25H2,(H2,49,53)(H,50,59)(H,51,60)(H,54,61)(H,55,58). The number of unbranched alkanes of at least 4 members (excludes halogenated alkanes) is 1. The van der Waals surface area contributed by atoms with Crippen molar-refractivity contribution in [1.29, 1.82) is 0 Å². The Balaban J connectivity index is 0.768. The molecule has 64 heavy (non-hydrogen) atoms. The lowest BCUT2D eigenvalue weighted by Gasteiger charge is -2.29. The number of fused-ring (bicyclic) bond motifs is 2. The summed E-state index contributed by atoms with van der Waals surface area (Å²) in [5, 5.41) is 14.1. The van der Waals surface area contributed by atoms with Gasteiger partial charge in [0.05, 0.1) is 17.7 Å². The Hall–Kier alpha value is -7.53. The van der Waals surface area contributed by atoms with E-state index >= 15 is 4.39 Å². The first kappa shape index (κ1) is 43.1. The van der Waals surface area contributed by atoms with Crippen molar-refractivity contribution in [2.24, 2.45) is 0 Å². The molecule has 0 aliphatic carbocycles. The number of pyridine rings is 1. The number of piperidine rings is 1. The number of allylic oxidation sites excluding steroid dienone is 1. The Morgan fingerprint density at radius 3 is 2.50 bits per heavy atom. The lowest BCUT2D eigenvalue weighted by molar-refractivity contribution is -0.125. The zero-order valence-corrected chi connectivity index (χ0v) is 35.3. The van der Waals surface area contributed by atoms with Crippen LogP contribution < -0.4 is 37.0 Å². The quantitative estimate of drug-likeness (QED) is 0.0354. The average molecular weight is 882 g/mol. The molecule has 0 saturated carbocycles. The Morgan fingerprint density at radius 1 is 0.859 bits per heavy atom. The third-order valence-electron chi connectivity index (χ3n) is 11.1. The fourth-order valence-electron chi connectivity index (χ4n) is 7.86. The summed E-state index contributed by atoms with van der Waals surface area (Å²) in [5.74, 6) is -2.40. The number of amides is 6. The molecule has 5 aromatic rings. The molecule has 1 atom stereocenters. The molecule has 4 heterocycles. The van der Waals surface area contributed by atoms with Crippen LogP contribution in [0.1, 0.15) is 68.7 Å². The summed E-state index contributed by atoms with van der Waals surface area (Å²) in [7, 11) is 0. The van der Waals surface area contributed by atoms with Crippen molar-refractivity contribution in [2.45, 2.75) is 49.5 Å². The summed E-state index contributed by atoms with van der Waals surface area (Å²) >= 11 is 1.21. The molecule has 1 aromatic heterocycles. The molecule has 1 fully saturated rings. The highest BCUT2D eigenvalue weighted by molar-refractivity contribution is 8.00. The number of nitrogens with zero attached hydrogens (tertiary/aromatic N) is 2. The van der Waals surface area contributed by atoms with Crippen LogP contribution in [0, 0.1) is 5.82 Å². The molecule has 1 unspecified atom stereocenters. The SMILES string of the molecule is C=C1CCC(N2C(=O)c3cccc(NCC(=O)NCCCCC(=O)Nc4cccc(NSc5ccc(-c6cnc(N)c(-c7ccc8c(c7)CCNC8=O)c6)c(F)c5)c4)c3C2=O)C(=O)N1. The van der Waals surface area contributed by atoms with Crippen LogP contribution in [0.2, 0.25) is 0 Å². The van der Waals surface area contributed by atoms with E-state index in [0.717, 1.165) is 16.0 Å². The maximum Gasteiger partial charge on any atom is 0.264 e. The minimum absolute atomic E-state index is 0.107. The van der Waals surface area contributed by atoms with Gasteiger partial charge in [-0.1, -0.05) is 36.9 Å². The van der Waals surface area contributed by atoms with E-state index in [1.807, 2.05) is 18.2 Å². The van der Waals surface area contributed by atoms with Gasteiger partial charge in [-0.25, -0.2) is 9.37 Å². The molecule has 1 saturated heterocycles. The van der Waals surface area contributed by atoms with E-state index < -0.39 is 29.6 Å². The number of aromatic nitrogens is 1. The van der Waals surface area contributed by atoms with Crippen molar-refractivity contribution in [3.05, 3.63) is 131 Å². The van der Waals surface area contributed by atoms with Gasteiger partial charge in [0.2, 0.25) is 17.7 Å². The van der Waals surface area contributed by atoms with Crippen molar-refractivity contribution in [3.63, 3.8) is 0 Å². The van der Waals surface area contributed by atoms with Crippen LogP contribution in [-0.2, 0) is 20.8 Å². The van der Waals surface area contributed by atoms with Gasteiger partial charge in [-0.15, -0.1) is 0 Å². The molecule has 15 nitrogen and oxygen atoms in total. The van der Waals surface area contributed by atoms with Gasteiger partial charge in [-0.2, -0.15) is 0 Å². The van der Waals surface area contributed by atoms with E-state index in [-0.39, 0.29) is 48.2 Å². The normalized spacial score (nSPS) is 15.5. The second-order valence-corrected chi connectivity index (χ2v) is 16.4. The van der Waals surface area contributed by atoms with Crippen LogP contribution in [0.4, 0.5) is 27.3 Å². The van der Waals surface area contributed by atoms with Crippen LogP contribution in [-0.4, -0.2) is 71.0 Å². The predicted molar refractivity (Wildman–Crippen MR) is 243 cm³/mol. The third-order valence-corrected chi connectivity index (χ3v) is 11.9. The van der Waals surface area contributed by atoms with Gasteiger partial charge in [0.25, 0.3) is 17.7 Å². The van der Waals surface area contributed by atoms with E-state index in [0.29, 0.717) is 94.5 Å². The van der Waals surface area contributed by atoms with Crippen LogP contribution >= 0.6 is 11.9 Å². The first-order valence-corrected chi connectivity index (χ1v) is 21.5. The van der Waals surface area contributed by atoms with E-state index in [9.17, 15) is 28.8 Å². The van der Waals surface area contributed by atoms with Crippen LogP contribution in [0.25, 0.3) is 22.3 Å². The Labute approximate surface area is 372 Å². The lowest BCUT2D eigenvalue weighted by atomic mass is 9.94. The summed E-state index contributed by atoms with van der Waals surface area (Å²) in [6.45, 7) is 4.47. The van der Waals surface area contributed by atoms with Gasteiger partial charge >= 0.3 is 0 Å². The lowest BCUT2D eigenvalue weighted by Crippen LogP contribution is -2.51. The number of halogens is 1. The van der Waals surface area contributed by atoms with Crippen LogP contribution in [0.3, 0.4) is 0 Å². The maximum atomic E-state index is 15.6. The minimum Gasteiger partial charge on any atom is -0.383 e. The molecule has 0 radical (unpaired) electrons. The maximum absolute atomic E-state index is 15.6. The fraction of sp³-hybridized carbons (Fsp3) is 0.213. The van der Waals surface area contributed by atoms with E-state index in [2.05, 4.69) is 42.9 Å². The molecule has 0 bridgehead atoms. The topological polar surface area (TPSA) is 217 Å². The van der Waals surface area contributed by atoms with E-state index in [1.165, 1.54) is 30.3 Å². The van der Waals surface area contributed by atoms with Gasteiger partial charge in [-0.3, -0.25) is 33.7 Å². The largest absolute Gasteiger partial charge is 0.383 e. The molecular weight excluding hydrogens is 838 g/mol. The number of benzene rings is 4. The summed E-state index contributed by atoms with van der Waals surface area (Å²) in [5.41, 5.74) is 12.6. The Bertz CT molecular complexity index is 2750. The monoisotopic (exact) mass is 881 g/mol. The molecule has 8 N–H and O–H groups in total. The molecule has 3 aliphatic heterocycles. The average Bonchev–Trinajstić information content (AvgIpc) is 3.53. The van der Waals surface area contributed by atoms with Crippen molar-refractivity contribution >= 4 is 70.3 Å². The number of hydrogen-bond acceptors (Lipinski definition) is 11. The molecule has 6 amide bonds. The van der Waals surface area contributed by atoms with Crippen LogP contribution in [0.5, 0.6) is 0 Å². The number of carbonyl (C=O) groups is 6. The number of nitrogens with two attached hydrogens (primary N) is 1. The van der Waals surface area contributed by atoms with Crippen molar-refractivity contribution in [1.82, 2.24) is 25.8 Å². The number of nitrogens with one attached hydrogen (secondary N) is 6. The Morgan fingerprint density at radius 2 is 1.67 bits per heavy atom. The van der Waals surface area contributed by atoms with Crippen molar-refractivity contribution < 1.29 is 33.2 Å². The highest BCUT2D eigenvalue weighted by Gasteiger charge is 2.45. The van der Waals surface area contributed by atoms with Crippen molar-refractivity contribution in [3.8, 4) is 22.3 Å². The molecular formula is C47H44FN9O6S. The molecule has 8 rings (SSSR count). The van der Waals surface area contributed by atoms with Gasteiger partial charge in [0, 0.05) is 75.6 Å². The van der Waals surface area contributed by atoms with Gasteiger partial charge < -0.3 is 37.0 Å². The fourth-order valence-corrected chi connectivity index (χ4v) is 8.52. The summed E-state index contributed by atoms with van der Waals surface area (Å²) < 4.78 is 18.8. The van der Waals surface area contributed by atoms with E-state index in [1.54, 1.807) is 54.6 Å². The number of hydrogen-bond donors (Lipinski definition) is 7. The molecule has 0 spiro atoms. The number of nitrogen functional groups attached to an aromatic ring is 1. The first-order valence-electron chi connectivity index (χ1n) is 20.7. The smallest absolute Gasteiger partial charge is 0.264 e. The summed E-state index contributed by atoms with van der Waals surface area (Å²) in [6.07, 6.45) is 4.24. The molecule has 326 valence electrons. The Kier molecular flexibility index (Phi) is 12.7. The summed E-state index contributed by atoms with van der Waals surface area (Å²) in [4.78, 5) is 82.6. The zero-order valence-electron chi connectivity index (χ0n) is 34.5. The van der Waals surface area contributed by atoms with Gasteiger partial charge in [0.15, 0.2) is 0 Å². The van der Waals surface area contributed by atoms with Crippen molar-refractivity contribution in [2.75, 3.05) is 40.7 Å². The number of anilines is 4. The summed E-state index contributed by atoms with van der Waals surface area (Å²) in [6, 6.07) is 23.2. The second kappa shape index (κ2) is 18.8. The minimum atomic E-state index is -0.939. The third kappa shape index (κ3) is 9.44. The van der Waals surface area contributed by atoms with E-state index in [4.69, 9.17) is 5.73 Å². The first-order chi connectivity index (χ1) is 30.9. The molecule has 3 aliphatic rings. The zero-order chi connectivity index (χ0) is 44.9. The van der Waals surface area contributed by atoms with Gasteiger partial charge in [-0.05, 0) is 110 Å².